The number of likely N-dealkylation sites (tertiary alicyclic amines) is 1. The van der Waals surface area contributed by atoms with Gasteiger partial charge in [0.2, 0.25) is 0 Å². The molecule has 20 heavy (non-hydrogen) atoms. The van der Waals surface area contributed by atoms with E-state index in [2.05, 4.69) is 10.0 Å². The first-order chi connectivity index (χ1) is 9.17. The van der Waals surface area contributed by atoms with Crippen LogP contribution < -0.4 is 0 Å². The minimum absolute atomic E-state index is 0.0620. The van der Waals surface area contributed by atoms with E-state index in [4.69, 9.17) is 10.3 Å². The van der Waals surface area contributed by atoms with Crippen LogP contribution in [0.1, 0.15) is 47.0 Å². The number of hydrogen-bond donors (Lipinski definition) is 1. The molecule has 0 spiro atoms. The van der Waals surface area contributed by atoms with Gasteiger partial charge in [0.15, 0.2) is 0 Å². The van der Waals surface area contributed by atoms with Crippen LogP contribution in [0.5, 0.6) is 0 Å². The average Bonchev–Trinajstić information content (AvgIpc) is 2.34. The summed E-state index contributed by atoms with van der Waals surface area (Å²) in [6, 6.07) is -0.392. The van der Waals surface area contributed by atoms with Gasteiger partial charge in [-0.2, -0.15) is 0 Å². The average molecular weight is 284 g/mol. The number of piperidine rings is 1. The Bertz CT molecular complexity index is 397. The second kappa shape index (κ2) is 6.33. The van der Waals surface area contributed by atoms with Crippen molar-refractivity contribution >= 4 is 6.09 Å². The van der Waals surface area contributed by atoms with E-state index in [1.165, 1.54) is 0 Å². The van der Waals surface area contributed by atoms with E-state index < -0.39 is 23.3 Å². The number of nitrogens with zero attached hydrogens (tertiary/aromatic N) is 4. The van der Waals surface area contributed by atoms with Crippen LogP contribution in [0.25, 0.3) is 10.4 Å². The van der Waals surface area contributed by atoms with Crippen molar-refractivity contribution in [2.24, 2.45) is 5.11 Å². The molecule has 1 rings (SSSR count). The second-order valence-electron chi connectivity index (χ2n) is 6.43. The smallest absolute Gasteiger partial charge is 0.410 e. The fourth-order valence-electron chi connectivity index (χ4n) is 2.40. The number of ether oxygens (including phenoxy) is 1. The lowest BCUT2D eigenvalue weighted by atomic mass is 9.88. The molecule has 7 nitrogen and oxygen atoms in total. The largest absolute Gasteiger partial charge is 0.444 e. The van der Waals surface area contributed by atoms with E-state index in [1.54, 1.807) is 11.8 Å². The highest BCUT2D eigenvalue weighted by atomic mass is 16.6. The Morgan fingerprint density at radius 2 is 2.10 bits per heavy atom. The topological polar surface area (TPSA) is 98.5 Å². The summed E-state index contributed by atoms with van der Waals surface area (Å²) in [5.74, 6) is 0. The van der Waals surface area contributed by atoms with Crippen LogP contribution in [0, 0.1) is 0 Å². The highest BCUT2D eigenvalue weighted by molar-refractivity contribution is 5.69. The molecule has 0 radical (unpaired) electrons. The third-order valence-electron chi connectivity index (χ3n) is 3.30. The molecule has 114 valence electrons. The van der Waals surface area contributed by atoms with Gasteiger partial charge in [0.1, 0.15) is 5.60 Å². The number of carbonyl (C=O) groups excluding carboxylic acids is 1. The van der Waals surface area contributed by atoms with Gasteiger partial charge in [-0.3, -0.25) is 0 Å². The Morgan fingerprint density at radius 1 is 1.45 bits per heavy atom. The van der Waals surface area contributed by atoms with Gasteiger partial charge < -0.3 is 14.7 Å². The monoisotopic (exact) mass is 284 g/mol. The normalized spacial score (nSPS) is 22.6. The fourth-order valence-corrected chi connectivity index (χ4v) is 2.40. The zero-order valence-corrected chi connectivity index (χ0v) is 12.7. The van der Waals surface area contributed by atoms with Gasteiger partial charge in [0.25, 0.3) is 0 Å². The van der Waals surface area contributed by atoms with Crippen LogP contribution in [0.15, 0.2) is 5.11 Å². The Morgan fingerprint density at radius 3 is 2.65 bits per heavy atom. The first-order valence-electron chi connectivity index (χ1n) is 6.90. The van der Waals surface area contributed by atoms with Crippen molar-refractivity contribution < 1.29 is 14.6 Å². The second-order valence-corrected chi connectivity index (χ2v) is 6.43. The van der Waals surface area contributed by atoms with Crippen LogP contribution in [0.3, 0.4) is 0 Å². The van der Waals surface area contributed by atoms with E-state index in [1.807, 2.05) is 20.8 Å². The Hall–Kier alpha value is -1.46. The summed E-state index contributed by atoms with van der Waals surface area (Å²) in [4.78, 5) is 16.5. The van der Waals surface area contributed by atoms with Gasteiger partial charge in [-0.1, -0.05) is 5.11 Å². The maximum Gasteiger partial charge on any atom is 0.410 e. The number of amides is 1. The number of carbonyl (C=O) groups is 1. The van der Waals surface area contributed by atoms with Gasteiger partial charge in [0, 0.05) is 11.5 Å². The molecule has 2 unspecified atom stereocenters. The van der Waals surface area contributed by atoms with E-state index in [9.17, 15) is 9.90 Å². The lowest BCUT2D eigenvalue weighted by Gasteiger charge is -2.43. The molecule has 2 atom stereocenters. The van der Waals surface area contributed by atoms with E-state index in [0.717, 1.165) is 12.8 Å². The van der Waals surface area contributed by atoms with Crippen LogP contribution in [-0.2, 0) is 4.74 Å². The van der Waals surface area contributed by atoms with Crippen molar-refractivity contribution in [3.05, 3.63) is 10.4 Å². The number of aliphatic hydroxyl groups is 1. The lowest BCUT2D eigenvalue weighted by molar-refractivity contribution is -0.0539. The summed E-state index contributed by atoms with van der Waals surface area (Å²) in [5.41, 5.74) is 6.58. The Balaban J connectivity index is 2.86. The molecule has 0 saturated carbocycles. The molecular formula is C13H24N4O3. The minimum atomic E-state index is -1.25. The summed E-state index contributed by atoms with van der Waals surface area (Å²) in [7, 11) is 0. The van der Waals surface area contributed by atoms with Crippen molar-refractivity contribution in [3.63, 3.8) is 0 Å². The number of hydrogen-bond acceptors (Lipinski definition) is 4. The zero-order valence-electron chi connectivity index (χ0n) is 12.7. The van der Waals surface area contributed by atoms with Crippen molar-refractivity contribution in [2.75, 3.05) is 13.1 Å². The molecule has 1 aliphatic rings. The number of rotatable bonds is 3. The van der Waals surface area contributed by atoms with Crippen LogP contribution in [-0.4, -0.2) is 46.4 Å². The van der Waals surface area contributed by atoms with Crippen LogP contribution in [0.4, 0.5) is 4.79 Å². The first kappa shape index (κ1) is 16.6. The predicted octanol–water partition coefficient (Wildman–Crippen LogP) is 2.84. The predicted molar refractivity (Wildman–Crippen MR) is 75.2 cm³/mol. The molecule has 0 bridgehead atoms. The molecule has 1 N–H and O–H groups in total. The molecular weight excluding hydrogens is 260 g/mol. The van der Waals surface area contributed by atoms with Crippen molar-refractivity contribution in [3.8, 4) is 0 Å². The highest BCUT2D eigenvalue weighted by Crippen LogP contribution is 2.28. The molecule has 7 heteroatoms. The maximum absolute atomic E-state index is 12.2. The van der Waals surface area contributed by atoms with E-state index in [-0.39, 0.29) is 6.54 Å². The quantitative estimate of drug-likeness (QED) is 0.490. The van der Waals surface area contributed by atoms with Gasteiger partial charge in [-0.05, 0) is 52.5 Å². The molecule has 1 saturated heterocycles. The molecule has 1 fully saturated rings. The van der Waals surface area contributed by atoms with Crippen LogP contribution >= 0.6 is 0 Å². The molecule has 0 aromatic carbocycles. The standard InChI is InChI=1S/C13H24N4O3/c1-12(2,3)20-11(18)17-8-6-5-7-10(17)13(4,19)9-15-16-14/h10,19H,5-9H2,1-4H3. The summed E-state index contributed by atoms with van der Waals surface area (Å²) < 4.78 is 5.38. The van der Waals surface area contributed by atoms with E-state index >= 15 is 0 Å². The lowest BCUT2D eigenvalue weighted by Crippen LogP contribution is -2.57. The molecule has 1 heterocycles. The molecule has 1 amide bonds. The van der Waals surface area contributed by atoms with Crippen molar-refractivity contribution in [1.82, 2.24) is 4.90 Å². The number of azide groups is 1. The van der Waals surface area contributed by atoms with E-state index in [0.29, 0.717) is 13.0 Å². The Kier molecular flexibility index (Phi) is 5.25. The van der Waals surface area contributed by atoms with Crippen molar-refractivity contribution in [1.29, 1.82) is 0 Å². The van der Waals surface area contributed by atoms with Gasteiger partial charge in [-0.25, -0.2) is 4.79 Å². The third-order valence-corrected chi connectivity index (χ3v) is 3.30. The summed E-state index contributed by atoms with van der Waals surface area (Å²) in [6.45, 7) is 7.50. The van der Waals surface area contributed by atoms with Gasteiger partial charge in [-0.15, -0.1) is 0 Å². The van der Waals surface area contributed by atoms with Crippen molar-refractivity contribution in [2.45, 2.75) is 64.2 Å². The van der Waals surface area contributed by atoms with Gasteiger partial charge >= 0.3 is 6.09 Å². The molecule has 1 aliphatic heterocycles. The molecule has 0 aromatic rings. The Labute approximate surface area is 119 Å². The third kappa shape index (κ3) is 4.58. The van der Waals surface area contributed by atoms with Crippen LogP contribution in [0.2, 0.25) is 0 Å². The zero-order chi connectivity index (χ0) is 15.4. The first-order valence-corrected chi connectivity index (χ1v) is 6.90. The highest BCUT2D eigenvalue weighted by Gasteiger charge is 2.41. The molecule has 0 aromatic heterocycles. The summed E-state index contributed by atoms with van der Waals surface area (Å²) in [6.07, 6.45) is 2.06. The fraction of sp³-hybridized carbons (Fsp3) is 0.923. The summed E-state index contributed by atoms with van der Waals surface area (Å²) >= 11 is 0. The minimum Gasteiger partial charge on any atom is -0.444 e. The maximum atomic E-state index is 12.2. The summed E-state index contributed by atoms with van der Waals surface area (Å²) in [5, 5.41) is 13.9. The SMILES string of the molecule is CC(C)(C)OC(=O)N1CCCCC1C(C)(O)CN=[N+]=[N-]. The van der Waals surface area contributed by atoms with Gasteiger partial charge in [0.05, 0.1) is 18.2 Å². The molecule has 0 aliphatic carbocycles.